The number of nitrogens with zero attached hydrogens (tertiary/aromatic N) is 2. The summed E-state index contributed by atoms with van der Waals surface area (Å²) in [5, 5.41) is 9.79. The second-order valence-corrected chi connectivity index (χ2v) is 4.77. The SMILES string of the molecule is Cn1c(Cl)cnc1CSc1ccc(O)cc1. The van der Waals surface area contributed by atoms with E-state index in [1.807, 2.05) is 23.7 Å². The highest BCUT2D eigenvalue weighted by molar-refractivity contribution is 7.98. The van der Waals surface area contributed by atoms with Crippen LogP contribution in [0.1, 0.15) is 5.82 Å². The normalized spacial score (nSPS) is 10.6. The lowest BCUT2D eigenvalue weighted by atomic mass is 10.3. The molecule has 0 fully saturated rings. The van der Waals surface area contributed by atoms with E-state index in [1.54, 1.807) is 30.1 Å². The Balaban J connectivity index is 2.02. The molecule has 1 aromatic heterocycles. The molecule has 1 aromatic carbocycles. The summed E-state index contributed by atoms with van der Waals surface area (Å²) in [6.07, 6.45) is 1.65. The number of aromatic nitrogens is 2. The molecule has 3 nitrogen and oxygen atoms in total. The number of thioether (sulfide) groups is 1. The molecule has 0 saturated carbocycles. The van der Waals surface area contributed by atoms with Crippen LogP contribution in [0.4, 0.5) is 0 Å². The molecule has 1 N–H and O–H groups in total. The van der Waals surface area contributed by atoms with Gasteiger partial charge >= 0.3 is 0 Å². The quantitative estimate of drug-likeness (QED) is 0.856. The van der Waals surface area contributed by atoms with Crippen LogP contribution in [0.3, 0.4) is 0 Å². The van der Waals surface area contributed by atoms with Crippen molar-refractivity contribution >= 4 is 23.4 Å². The molecule has 84 valence electrons. The topological polar surface area (TPSA) is 38.0 Å². The number of hydrogen-bond acceptors (Lipinski definition) is 3. The molecule has 0 amide bonds. The van der Waals surface area contributed by atoms with Gasteiger partial charge in [0.25, 0.3) is 0 Å². The summed E-state index contributed by atoms with van der Waals surface area (Å²) in [4.78, 5) is 5.30. The molecule has 0 saturated heterocycles. The van der Waals surface area contributed by atoms with Crippen molar-refractivity contribution in [2.45, 2.75) is 10.6 Å². The highest BCUT2D eigenvalue weighted by atomic mass is 35.5. The molecule has 0 aliphatic carbocycles. The van der Waals surface area contributed by atoms with Gasteiger partial charge in [-0.25, -0.2) is 4.98 Å². The number of phenols is 1. The average Bonchev–Trinajstić information content (AvgIpc) is 2.60. The number of imidazole rings is 1. The first-order chi connectivity index (χ1) is 7.66. The van der Waals surface area contributed by atoms with Gasteiger partial charge in [-0.1, -0.05) is 11.6 Å². The van der Waals surface area contributed by atoms with E-state index in [9.17, 15) is 0 Å². The van der Waals surface area contributed by atoms with Crippen molar-refractivity contribution in [2.75, 3.05) is 0 Å². The molecule has 2 aromatic rings. The molecule has 0 aliphatic heterocycles. The Morgan fingerprint density at radius 3 is 2.62 bits per heavy atom. The molecule has 16 heavy (non-hydrogen) atoms. The zero-order chi connectivity index (χ0) is 11.5. The van der Waals surface area contributed by atoms with E-state index in [1.165, 1.54) is 0 Å². The van der Waals surface area contributed by atoms with Gasteiger partial charge in [-0.2, -0.15) is 0 Å². The minimum atomic E-state index is 0.282. The van der Waals surface area contributed by atoms with E-state index < -0.39 is 0 Å². The van der Waals surface area contributed by atoms with Gasteiger partial charge in [-0.3, -0.25) is 0 Å². The summed E-state index contributed by atoms with van der Waals surface area (Å²) in [5.41, 5.74) is 0. The zero-order valence-electron chi connectivity index (χ0n) is 8.72. The van der Waals surface area contributed by atoms with Crippen molar-refractivity contribution in [2.24, 2.45) is 7.05 Å². The summed E-state index contributed by atoms with van der Waals surface area (Å²) in [6, 6.07) is 7.11. The van der Waals surface area contributed by atoms with Crippen LogP contribution in [0.25, 0.3) is 0 Å². The van der Waals surface area contributed by atoms with E-state index in [-0.39, 0.29) is 5.75 Å². The van der Waals surface area contributed by atoms with Gasteiger partial charge in [-0.15, -0.1) is 11.8 Å². The fourth-order valence-corrected chi connectivity index (χ4v) is 2.29. The second-order valence-electron chi connectivity index (χ2n) is 3.34. The van der Waals surface area contributed by atoms with Crippen LogP contribution < -0.4 is 0 Å². The van der Waals surface area contributed by atoms with Gasteiger partial charge in [0, 0.05) is 11.9 Å². The maximum absolute atomic E-state index is 9.15. The predicted octanol–water partition coefficient (Wildman–Crippen LogP) is 3.07. The smallest absolute Gasteiger partial charge is 0.128 e. The summed E-state index contributed by atoms with van der Waals surface area (Å²) in [6.45, 7) is 0. The molecule has 0 radical (unpaired) electrons. The number of aromatic hydroxyl groups is 1. The molecule has 1 heterocycles. The van der Waals surface area contributed by atoms with Crippen molar-refractivity contribution in [3.05, 3.63) is 41.4 Å². The third kappa shape index (κ3) is 2.51. The van der Waals surface area contributed by atoms with Gasteiger partial charge in [0.05, 0.1) is 11.9 Å². The zero-order valence-corrected chi connectivity index (χ0v) is 10.3. The van der Waals surface area contributed by atoms with Crippen LogP contribution >= 0.6 is 23.4 Å². The Morgan fingerprint density at radius 2 is 2.06 bits per heavy atom. The predicted molar refractivity (Wildman–Crippen MR) is 65.9 cm³/mol. The molecule has 0 aliphatic rings. The lowest BCUT2D eigenvalue weighted by Crippen LogP contribution is -1.95. The van der Waals surface area contributed by atoms with Crippen molar-refractivity contribution in [1.82, 2.24) is 9.55 Å². The first-order valence-electron chi connectivity index (χ1n) is 4.75. The minimum absolute atomic E-state index is 0.282. The monoisotopic (exact) mass is 254 g/mol. The molecule has 0 spiro atoms. The van der Waals surface area contributed by atoms with E-state index in [0.717, 1.165) is 16.5 Å². The van der Waals surface area contributed by atoms with Crippen LogP contribution in [0.15, 0.2) is 35.4 Å². The minimum Gasteiger partial charge on any atom is -0.508 e. The van der Waals surface area contributed by atoms with E-state index in [2.05, 4.69) is 4.98 Å². The largest absolute Gasteiger partial charge is 0.508 e. The molecular weight excluding hydrogens is 244 g/mol. The number of halogens is 1. The molecule has 2 rings (SSSR count). The number of rotatable bonds is 3. The summed E-state index contributed by atoms with van der Waals surface area (Å²) < 4.78 is 1.86. The third-order valence-electron chi connectivity index (χ3n) is 2.23. The molecule has 0 unspecified atom stereocenters. The van der Waals surface area contributed by atoms with Gasteiger partial charge < -0.3 is 9.67 Å². The van der Waals surface area contributed by atoms with Crippen molar-refractivity contribution in [1.29, 1.82) is 0 Å². The average molecular weight is 255 g/mol. The molecule has 0 atom stereocenters. The highest BCUT2D eigenvalue weighted by Gasteiger charge is 2.04. The van der Waals surface area contributed by atoms with Crippen LogP contribution in [0.5, 0.6) is 5.75 Å². The number of phenolic OH excluding ortho intramolecular Hbond substituents is 1. The highest BCUT2D eigenvalue weighted by Crippen LogP contribution is 2.24. The van der Waals surface area contributed by atoms with E-state index >= 15 is 0 Å². The van der Waals surface area contributed by atoms with Gasteiger partial charge in [0.15, 0.2) is 0 Å². The number of benzene rings is 1. The third-order valence-corrected chi connectivity index (χ3v) is 3.59. The lowest BCUT2D eigenvalue weighted by molar-refractivity contribution is 0.475. The molecular formula is C11H11ClN2OS. The first-order valence-corrected chi connectivity index (χ1v) is 6.11. The Hall–Kier alpha value is -1.13. The van der Waals surface area contributed by atoms with E-state index in [0.29, 0.717) is 5.15 Å². The van der Waals surface area contributed by atoms with Crippen molar-refractivity contribution in [3.63, 3.8) is 0 Å². The Bertz CT molecular complexity index is 481. The summed E-state index contributed by atoms with van der Waals surface area (Å²) in [7, 11) is 1.89. The Labute approximate surface area is 103 Å². The fraction of sp³-hybridized carbons (Fsp3) is 0.182. The molecule has 0 bridgehead atoms. The van der Waals surface area contributed by atoms with Gasteiger partial charge in [0.2, 0.25) is 0 Å². The Morgan fingerprint density at radius 1 is 1.38 bits per heavy atom. The fourth-order valence-electron chi connectivity index (χ4n) is 1.25. The van der Waals surface area contributed by atoms with Crippen LogP contribution in [0.2, 0.25) is 5.15 Å². The standard InChI is InChI=1S/C11H11ClN2OS/c1-14-10(12)6-13-11(14)7-16-9-4-2-8(15)3-5-9/h2-6,15H,7H2,1H3. The van der Waals surface area contributed by atoms with Crippen molar-refractivity contribution < 1.29 is 5.11 Å². The van der Waals surface area contributed by atoms with E-state index in [4.69, 9.17) is 16.7 Å². The van der Waals surface area contributed by atoms with Crippen molar-refractivity contribution in [3.8, 4) is 5.75 Å². The van der Waals surface area contributed by atoms with Gasteiger partial charge in [-0.05, 0) is 24.3 Å². The van der Waals surface area contributed by atoms with Gasteiger partial charge in [0.1, 0.15) is 16.7 Å². The summed E-state index contributed by atoms with van der Waals surface area (Å²) in [5.74, 6) is 1.97. The maximum Gasteiger partial charge on any atom is 0.128 e. The molecule has 5 heteroatoms. The maximum atomic E-state index is 9.15. The lowest BCUT2D eigenvalue weighted by Gasteiger charge is -2.03. The first kappa shape index (κ1) is 11.4. The number of hydrogen-bond donors (Lipinski definition) is 1. The van der Waals surface area contributed by atoms with Crippen LogP contribution in [-0.2, 0) is 12.8 Å². The summed E-state index contributed by atoms with van der Waals surface area (Å²) >= 11 is 7.55. The van der Waals surface area contributed by atoms with Crippen LogP contribution in [-0.4, -0.2) is 14.7 Å². The second kappa shape index (κ2) is 4.80. The Kier molecular flexibility index (Phi) is 3.41. The van der Waals surface area contributed by atoms with Crippen LogP contribution in [0, 0.1) is 0 Å².